The van der Waals surface area contributed by atoms with Gasteiger partial charge in [0.25, 0.3) is 0 Å². The van der Waals surface area contributed by atoms with Crippen LogP contribution < -0.4 is 0 Å². The normalized spacial score (nSPS) is 25.0. The average Bonchev–Trinajstić information content (AvgIpc) is 3.29. The Labute approximate surface area is 159 Å². The smallest absolute Gasteiger partial charge is 0.166 e. The van der Waals surface area contributed by atoms with E-state index in [2.05, 4.69) is 15.0 Å². The summed E-state index contributed by atoms with van der Waals surface area (Å²) < 4.78 is 7.18. The molecule has 1 fully saturated rings. The molecule has 0 radical (unpaired) electrons. The third-order valence-corrected chi connectivity index (χ3v) is 5.19. The second kappa shape index (κ2) is 6.61. The third kappa shape index (κ3) is 2.50. The van der Waals surface area contributed by atoms with Gasteiger partial charge in [-0.2, -0.15) is 0 Å². The van der Waals surface area contributed by atoms with E-state index >= 15 is 0 Å². The highest BCUT2D eigenvalue weighted by atomic mass is 16.6. The lowest BCUT2D eigenvalue weighted by Crippen LogP contribution is -2.33. The van der Waals surface area contributed by atoms with Crippen molar-refractivity contribution in [3.8, 4) is 11.3 Å². The molecule has 2 aromatic carbocycles. The molecule has 142 valence electrons. The summed E-state index contributed by atoms with van der Waals surface area (Å²) in [7, 11) is 0. The maximum Gasteiger partial charge on any atom is 0.166 e. The van der Waals surface area contributed by atoms with Crippen LogP contribution in [0.2, 0.25) is 0 Å². The minimum absolute atomic E-state index is 0.391. The summed E-state index contributed by atoms with van der Waals surface area (Å²) in [5.41, 5.74) is 2.65. The van der Waals surface area contributed by atoms with Gasteiger partial charge in [-0.25, -0.2) is 15.0 Å². The number of aliphatic hydroxyl groups is 3. The fourth-order valence-corrected chi connectivity index (χ4v) is 3.78. The molecule has 4 aromatic rings. The minimum Gasteiger partial charge on any atom is -0.394 e. The number of fused-ring (bicyclic) bond motifs is 2. The number of ether oxygens (including phenoxy) is 1. The molecular formula is C20H18N4O4. The average molecular weight is 378 g/mol. The highest BCUT2D eigenvalue weighted by Gasteiger charge is 2.44. The van der Waals surface area contributed by atoms with Crippen LogP contribution in [0.15, 0.2) is 55.1 Å². The van der Waals surface area contributed by atoms with Crippen molar-refractivity contribution in [1.29, 1.82) is 0 Å². The van der Waals surface area contributed by atoms with Gasteiger partial charge < -0.3 is 20.1 Å². The van der Waals surface area contributed by atoms with Crippen LogP contribution in [0.4, 0.5) is 0 Å². The fourth-order valence-electron chi connectivity index (χ4n) is 3.78. The zero-order valence-corrected chi connectivity index (χ0v) is 14.8. The molecule has 2 aromatic heterocycles. The Balaban J connectivity index is 1.66. The molecule has 1 saturated heterocycles. The fraction of sp³-hybridized carbons (Fsp3) is 0.250. The van der Waals surface area contributed by atoms with Crippen molar-refractivity contribution < 1.29 is 20.1 Å². The maximum atomic E-state index is 10.3. The third-order valence-electron chi connectivity index (χ3n) is 5.19. The zero-order valence-electron chi connectivity index (χ0n) is 14.8. The number of benzene rings is 2. The van der Waals surface area contributed by atoms with Gasteiger partial charge in [-0.3, -0.25) is 4.57 Å². The Morgan fingerprint density at radius 1 is 0.964 bits per heavy atom. The van der Waals surface area contributed by atoms with Crippen molar-refractivity contribution in [3.05, 3.63) is 55.1 Å². The van der Waals surface area contributed by atoms with Gasteiger partial charge in [-0.15, -0.1) is 0 Å². The van der Waals surface area contributed by atoms with E-state index in [1.165, 1.54) is 12.7 Å². The summed E-state index contributed by atoms with van der Waals surface area (Å²) in [5.74, 6) is 0. The lowest BCUT2D eigenvalue weighted by Gasteiger charge is -2.16. The molecule has 0 aliphatic carbocycles. The zero-order chi connectivity index (χ0) is 19.3. The van der Waals surface area contributed by atoms with Gasteiger partial charge in [0.1, 0.15) is 35.8 Å². The molecule has 5 rings (SSSR count). The maximum absolute atomic E-state index is 10.3. The number of rotatable bonds is 3. The molecule has 0 spiro atoms. The van der Waals surface area contributed by atoms with Crippen molar-refractivity contribution in [3.63, 3.8) is 0 Å². The number of nitrogens with zero attached hydrogens (tertiary/aromatic N) is 4. The summed E-state index contributed by atoms with van der Waals surface area (Å²) in [6, 6.07) is 14.0. The first-order valence-electron chi connectivity index (χ1n) is 8.97. The predicted molar refractivity (Wildman–Crippen MR) is 101 cm³/mol. The molecule has 3 heterocycles. The predicted octanol–water partition coefficient (Wildman–Crippen LogP) is 1.26. The van der Waals surface area contributed by atoms with Crippen LogP contribution in [0.5, 0.6) is 0 Å². The first-order valence-corrected chi connectivity index (χ1v) is 8.97. The van der Waals surface area contributed by atoms with E-state index in [0.717, 1.165) is 16.3 Å². The molecular weight excluding hydrogens is 360 g/mol. The van der Waals surface area contributed by atoms with Crippen LogP contribution in [0.25, 0.3) is 33.2 Å². The lowest BCUT2D eigenvalue weighted by molar-refractivity contribution is -0.0511. The van der Waals surface area contributed by atoms with Crippen molar-refractivity contribution >= 4 is 21.9 Å². The molecule has 0 amide bonds. The van der Waals surface area contributed by atoms with E-state index in [9.17, 15) is 15.3 Å². The molecule has 1 aliphatic rings. The highest BCUT2D eigenvalue weighted by molar-refractivity contribution is 6.01. The van der Waals surface area contributed by atoms with Crippen LogP contribution in [-0.2, 0) is 4.74 Å². The first kappa shape index (κ1) is 17.2. The monoisotopic (exact) mass is 378 g/mol. The molecule has 0 unspecified atom stereocenters. The van der Waals surface area contributed by atoms with Crippen molar-refractivity contribution in [2.75, 3.05) is 6.61 Å². The van der Waals surface area contributed by atoms with Gasteiger partial charge >= 0.3 is 0 Å². The number of imidazole rings is 1. The van der Waals surface area contributed by atoms with Crippen molar-refractivity contribution in [2.24, 2.45) is 0 Å². The van der Waals surface area contributed by atoms with Crippen LogP contribution in [0.1, 0.15) is 6.23 Å². The number of hydrogen-bond donors (Lipinski definition) is 3. The summed E-state index contributed by atoms with van der Waals surface area (Å²) in [4.78, 5) is 13.2. The number of aromatic nitrogens is 4. The highest BCUT2D eigenvalue weighted by Crippen LogP contribution is 2.34. The molecule has 3 N–H and O–H groups in total. The molecule has 4 atom stereocenters. The first-order chi connectivity index (χ1) is 13.7. The van der Waals surface area contributed by atoms with Crippen molar-refractivity contribution in [2.45, 2.75) is 24.5 Å². The summed E-state index contributed by atoms with van der Waals surface area (Å²) in [5, 5.41) is 31.9. The quantitative estimate of drug-likeness (QED) is 0.492. The topological polar surface area (TPSA) is 114 Å². The van der Waals surface area contributed by atoms with Crippen LogP contribution in [0, 0.1) is 0 Å². The van der Waals surface area contributed by atoms with Gasteiger partial charge in [-0.05, 0) is 10.8 Å². The molecule has 28 heavy (non-hydrogen) atoms. The van der Waals surface area contributed by atoms with Gasteiger partial charge in [0.15, 0.2) is 11.9 Å². The van der Waals surface area contributed by atoms with Gasteiger partial charge in [-0.1, -0.05) is 42.5 Å². The standard InChI is InChI=1S/C20H18N4O4/c25-8-14-17(26)18(27)20(28-14)24-10-23-16-15(21-9-22-19(16)24)13-7-3-5-11-4-1-2-6-12(11)13/h1-7,9-10,14,17-18,20,25-27H,8H2/t14-,17-,18-,20-/m1/s1. The van der Waals surface area contributed by atoms with E-state index < -0.39 is 31.1 Å². The van der Waals surface area contributed by atoms with E-state index in [1.54, 1.807) is 4.57 Å². The van der Waals surface area contributed by atoms with Gasteiger partial charge in [0, 0.05) is 5.56 Å². The molecule has 8 nitrogen and oxygen atoms in total. The molecule has 1 aliphatic heterocycles. The van der Waals surface area contributed by atoms with Gasteiger partial charge in [0.2, 0.25) is 0 Å². The van der Waals surface area contributed by atoms with Crippen LogP contribution in [-0.4, -0.2) is 59.8 Å². The largest absolute Gasteiger partial charge is 0.394 e. The van der Waals surface area contributed by atoms with Crippen LogP contribution >= 0.6 is 0 Å². The number of hydrogen-bond acceptors (Lipinski definition) is 7. The Bertz CT molecular complexity index is 1160. The molecule has 0 bridgehead atoms. The SMILES string of the molecule is OC[C@H]1O[C@@H](n2cnc3c(-c4cccc5ccccc45)ncnc32)[C@H](O)[C@@H]1O. The van der Waals surface area contributed by atoms with E-state index in [-0.39, 0.29) is 0 Å². The Hall–Kier alpha value is -2.91. The second-order valence-corrected chi connectivity index (χ2v) is 6.80. The summed E-state index contributed by atoms with van der Waals surface area (Å²) >= 11 is 0. The van der Waals surface area contributed by atoms with Crippen LogP contribution in [0.3, 0.4) is 0 Å². The lowest BCUT2D eigenvalue weighted by atomic mass is 10.0. The minimum atomic E-state index is -1.20. The summed E-state index contributed by atoms with van der Waals surface area (Å²) in [6.45, 7) is -0.391. The second-order valence-electron chi connectivity index (χ2n) is 6.80. The van der Waals surface area contributed by atoms with Gasteiger partial charge in [0.05, 0.1) is 12.9 Å². The Morgan fingerprint density at radius 2 is 1.79 bits per heavy atom. The van der Waals surface area contributed by atoms with E-state index in [1.807, 2.05) is 42.5 Å². The van der Waals surface area contributed by atoms with Crippen molar-refractivity contribution in [1.82, 2.24) is 19.5 Å². The molecule has 8 heteroatoms. The Kier molecular flexibility index (Phi) is 4.06. The summed E-state index contributed by atoms with van der Waals surface area (Å²) in [6.07, 6.45) is -1.20. The van der Waals surface area contributed by atoms with E-state index in [4.69, 9.17) is 4.74 Å². The number of aliphatic hydroxyl groups excluding tert-OH is 3. The van der Waals surface area contributed by atoms with E-state index in [0.29, 0.717) is 16.9 Å². The Morgan fingerprint density at radius 3 is 2.61 bits per heavy atom. The molecule has 0 saturated carbocycles.